The van der Waals surface area contributed by atoms with Crippen LogP contribution < -0.4 is 5.32 Å². The highest BCUT2D eigenvalue weighted by Gasteiger charge is 2.31. The summed E-state index contributed by atoms with van der Waals surface area (Å²) in [7, 11) is 0. The average Bonchev–Trinajstić information content (AvgIpc) is 3.74. The number of aliphatic carboxylic acids is 1. The number of nitrogens with one attached hydrogen (secondary N) is 1. The zero-order chi connectivity index (χ0) is 38.4. The second kappa shape index (κ2) is 14.5. The number of anilines is 2. The van der Waals surface area contributed by atoms with Gasteiger partial charge in [-0.15, -0.1) is 0 Å². The largest absolute Gasteiger partial charge is 0.481 e. The Morgan fingerprint density at radius 2 is 1.64 bits per heavy atom. The maximum absolute atomic E-state index is 11.4. The van der Waals surface area contributed by atoms with Gasteiger partial charge in [0.25, 0.3) is 0 Å². The van der Waals surface area contributed by atoms with E-state index in [9.17, 15) is 20.3 Å². The first kappa shape index (κ1) is 36.2. The molecule has 8 rings (SSSR count). The number of pyridine rings is 1. The molecule has 12 nitrogen and oxygen atoms in total. The molecular formula is C43H44N8O4. The van der Waals surface area contributed by atoms with Crippen LogP contribution in [0.25, 0.3) is 44.7 Å². The van der Waals surface area contributed by atoms with Crippen molar-refractivity contribution in [2.45, 2.75) is 65.6 Å². The van der Waals surface area contributed by atoms with Crippen LogP contribution in [0.2, 0.25) is 0 Å². The van der Waals surface area contributed by atoms with Gasteiger partial charge in [0, 0.05) is 43.6 Å². The number of aliphatic hydroxyl groups is 1. The monoisotopic (exact) mass is 736 g/mol. The summed E-state index contributed by atoms with van der Waals surface area (Å²) in [6.45, 7) is 12.1. The third-order valence-electron chi connectivity index (χ3n) is 11.1. The molecule has 2 aliphatic rings. The molecule has 12 heteroatoms. The Morgan fingerprint density at radius 3 is 2.36 bits per heavy atom. The number of fused-ring (bicyclic) bond motifs is 2. The summed E-state index contributed by atoms with van der Waals surface area (Å²) < 4.78 is 6.31. The lowest BCUT2D eigenvalue weighted by molar-refractivity contribution is -0.143. The zero-order valence-corrected chi connectivity index (χ0v) is 31.6. The van der Waals surface area contributed by atoms with Gasteiger partial charge in [-0.1, -0.05) is 24.3 Å². The first-order valence-electron chi connectivity index (χ1n) is 18.8. The van der Waals surface area contributed by atoms with Gasteiger partial charge in [0.05, 0.1) is 22.6 Å². The Bertz CT molecular complexity index is 2500. The summed E-state index contributed by atoms with van der Waals surface area (Å²) >= 11 is 0. The van der Waals surface area contributed by atoms with Crippen molar-refractivity contribution in [3.63, 3.8) is 0 Å². The van der Waals surface area contributed by atoms with Crippen LogP contribution in [0.4, 0.5) is 11.5 Å². The predicted molar refractivity (Wildman–Crippen MR) is 211 cm³/mol. The maximum atomic E-state index is 11.4. The SMILES string of the molecule is Cc1nc(Nc2cccc(-c3cccc(-c4nc5cc(CN6CCC(C(=O)O)CC6)cc(C#N)c5o4)c3C)c2C)c2ncc(CN3CC[C@@](C)(O)C3)cc2n1. The number of likely N-dealkylation sites (tertiary alicyclic amines) is 2. The molecule has 0 radical (unpaired) electrons. The van der Waals surface area contributed by atoms with E-state index in [2.05, 4.69) is 53.2 Å². The number of aryl methyl sites for hydroxylation is 1. The Morgan fingerprint density at radius 1 is 0.927 bits per heavy atom. The Hall–Kier alpha value is -5.74. The molecule has 0 amide bonds. The van der Waals surface area contributed by atoms with Crippen LogP contribution in [-0.2, 0) is 17.9 Å². The molecular weight excluding hydrogens is 693 g/mol. The molecule has 2 fully saturated rings. The molecule has 3 N–H and O–H groups in total. The quantitative estimate of drug-likeness (QED) is 0.136. The molecule has 0 saturated carbocycles. The van der Waals surface area contributed by atoms with E-state index in [-0.39, 0.29) is 5.92 Å². The number of carboxylic acids is 1. The van der Waals surface area contributed by atoms with Gasteiger partial charge in [-0.05, 0) is 124 Å². The van der Waals surface area contributed by atoms with Gasteiger partial charge in [0.1, 0.15) is 22.9 Å². The fraction of sp³-hybridized carbons (Fsp3) is 0.349. The fourth-order valence-corrected chi connectivity index (χ4v) is 8.11. The number of carbonyl (C=O) groups is 1. The number of β-amino-alcohol motifs (C(OH)–C–C–N with tert-alkyl or cyclic N) is 1. The van der Waals surface area contributed by atoms with Crippen molar-refractivity contribution < 1.29 is 19.4 Å². The molecule has 2 saturated heterocycles. The molecule has 0 spiro atoms. The van der Waals surface area contributed by atoms with Crippen molar-refractivity contribution in [3.8, 4) is 28.7 Å². The van der Waals surface area contributed by atoms with E-state index < -0.39 is 11.6 Å². The van der Waals surface area contributed by atoms with Gasteiger partial charge in [0.2, 0.25) is 5.89 Å². The normalized spacial score (nSPS) is 18.3. The van der Waals surface area contributed by atoms with Crippen LogP contribution in [0.15, 0.2) is 65.2 Å². The van der Waals surface area contributed by atoms with Gasteiger partial charge < -0.3 is 19.9 Å². The van der Waals surface area contributed by atoms with Crippen LogP contribution in [0.1, 0.15) is 59.8 Å². The van der Waals surface area contributed by atoms with Gasteiger partial charge in [-0.2, -0.15) is 5.26 Å². The molecule has 0 bridgehead atoms. The van der Waals surface area contributed by atoms with E-state index in [1.165, 1.54) is 0 Å². The lowest BCUT2D eigenvalue weighted by Gasteiger charge is -2.30. The number of nitriles is 1. The molecule has 0 aliphatic carbocycles. The minimum atomic E-state index is -0.731. The van der Waals surface area contributed by atoms with Crippen molar-refractivity contribution in [2.24, 2.45) is 5.92 Å². The predicted octanol–water partition coefficient (Wildman–Crippen LogP) is 7.29. The average molecular weight is 737 g/mol. The molecule has 2 aliphatic heterocycles. The number of piperidine rings is 1. The third-order valence-corrected chi connectivity index (χ3v) is 11.1. The van der Waals surface area contributed by atoms with Crippen LogP contribution >= 0.6 is 0 Å². The minimum absolute atomic E-state index is 0.297. The summed E-state index contributed by atoms with van der Waals surface area (Å²) in [6, 6.07) is 20.4. The Labute approximate surface area is 319 Å². The van der Waals surface area contributed by atoms with Crippen LogP contribution in [-0.4, -0.2) is 77.7 Å². The van der Waals surface area contributed by atoms with E-state index in [0.29, 0.717) is 85.3 Å². The number of hydrogen-bond acceptors (Lipinski definition) is 11. The van der Waals surface area contributed by atoms with E-state index >= 15 is 0 Å². The van der Waals surface area contributed by atoms with Crippen molar-refractivity contribution in [2.75, 3.05) is 31.5 Å². The first-order valence-corrected chi connectivity index (χ1v) is 18.8. The maximum Gasteiger partial charge on any atom is 0.306 e. The lowest BCUT2D eigenvalue weighted by atomic mass is 9.93. The van der Waals surface area contributed by atoms with Crippen molar-refractivity contribution in [3.05, 3.63) is 94.4 Å². The summed E-state index contributed by atoms with van der Waals surface area (Å²) in [6.07, 6.45) is 3.86. The van der Waals surface area contributed by atoms with Crippen molar-refractivity contribution >= 4 is 39.6 Å². The highest BCUT2D eigenvalue weighted by Crippen LogP contribution is 2.38. The van der Waals surface area contributed by atoms with Gasteiger partial charge >= 0.3 is 5.97 Å². The third kappa shape index (κ3) is 7.38. The molecule has 6 aromatic rings. The smallest absolute Gasteiger partial charge is 0.306 e. The number of hydrogen-bond donors (Lipinski definition) is 3. The van der Waals surface area contributed by atoms with E-state index in [4.69, 9.17) is 24.4 Å². The van der Waals surface area contributed by atoms with Crippen LogP contribution in [0, 0.1) is 38.0 Å². The topological polar surface area (TPSA) is 165 Å². The second-order valence-corrected chi connectivity index (χ2v) is 15.4. The molecule has 0 unspecified atom stereocenters. The lowest BCUT2D eigenvalue weighted by Crippen LogP contribution is -2.35. The first-order chi connectivity index (χ1) is 26.4. The van der Waals surface area contributed by atoms with Crippen LogP contribution in [0.5, 0.6) is 0 Å². The number of aromatic nitrogens is 4. The molecule has 3 aromatic carbocycles. The summed E-state index contributed by atoms with van der Waals surface area (Å²) in [4.78, 5) is 35.0. The molecule has 280 valence electrons. The van der Waals surface area contributed by atoms with E-state index in [1.807, 2.05) is 56.4 Å². The van der Waals surface area contributed by atoms with E-state index in [0.717, 1.165) is 63.1 Å². The van der Waals surface area contributed by atoms with Crippen molar-refractivity contribution in [1.29, 1.82) is 5.26 Å². The second-order valence-electron chi connectivity index (χ2n) is 15.4. The number of benzene rings is 3. The Balaban J connectivity index is 1.06. The fourth-order valence-electron chi connectivity index (χ4n) is 8.11. The number of nitrogens with zero attached hydrogens (tertiary/aromatic N) is 7. The van der Waals surface area contributed by atoms with Crippen molar-refractivity contribution in [1.82, 2.24) is 29.7 Å². The highest BCUT2D eigenvalue weighted by molar-refractivity contribution is 5.90. The summed E-state index contributed by atoms with van der Waals surface area (Å²) in [5.74, 6) is 0.689. The number of rotatable bonds is 9. The summed E-state index contributed by atoms with van der Waals surface area (Å²) in [5, 5.41) is 33.4. The van der Waals surface area contributed by atoms with Gasteiger partial charge in [-0.25, -0.2) is 15.0 Å². The Kier molecular flexibility index (Phi) is 9.55. The zero-order valence-electron chi connectivity index (χ0n) is 31.6. The summed E-state index contributed by atoms with van der Waals surface area (Å²) in [5.41, 5.74) is 10.1. The van der Waals surface area contributed by atoms with Crippen LogP contribution in [0.3, 0.4) is 0 Å². The molecule has 3 aromatic heterocycles. The number of carboxylic acid groups (broad SMARTS) is 1. The molecule has 1 atom stereocenters. The molecule has 55 heavy (non-hydrogen) atoms. The minimum Gasteiger partial charge on any atom is -0.481 e. The standard InChI is InChI=1S/C43H44N8O4/c1-25-32(7-5-9-34(25)41-49-37-18-28(17-31(20-44)39(37)55-41)22-50-14-11-30(12-15-50)42(52)53)33-8-6-10-35(26(33)2)48-40-38-36(46-27(3)47-40)19-29(21-45-38)23-51-16-13-43(4,54)24-51/h5-10,17-19,21,30,54H,11-16,22-24H2,1-4H3,(H,52,53)(H,46,47,48)/t43-/m1/s1. The highest BCUT2D eigenvalue weighted by atomic mass is 16.4. The van der Waals surface area contributed by atoms with E-state index in [1.54, 1.807) is 0 Å². The van der Waals surface area contributed by atoms with Gasteiger partial charge in [-0.3, -0.25) is 19.6 Å². The molecule has 5 heterocycles. The number of oxazole rings is 1. The van der Waals surface area contributed by atoms with Gasteiger partial charge in [0.15, 0.2) is 11.4 Å².